The zero-order valence-electron chi connectivity index (χ0n) is 51.3. The summed E-state index contributed by atoms with van der Waals surface area (Å²) in [5.41, 5.74) is 8.15. The average molecular weight is 1160 g/mol. The number of pyridine rings is 2. The van der Waals surface area contributed by atoms with Crippen LogP contribution in [0.2, 0.25) is 0 Å². The summed E-state index contributed by atoms with van der Waals surface area (Å²) in [6.45, 7) is 9.28. The first-order valence-corrected chi connectivity index (χ1v) is 37.0. The van der Waals surface area contributed by atoms with Gasteiger partial charge in [-0.05, 0) is 110 Å². The maximum atomic E-state index is 5.82. The van der Waals surface area contributed by atoms with Crippen molar-refractivity contribution in [1.82, 2.24) is 19.9 Å². The van der Waals surface area contributed by atoms with Gasteiger partial charge < -0.3 is 0 Å². The normalized spacial score (nSPS) is 11.7. The van der Waals surface area contributed by atoms with E-state index in [1.807, 2.05) is 70.1 Å². The molecule has 0 spiro atoms. The summed E-state index contributed by atoms with van der Waals surface area (Å²) in [5.74, 6) is 0. The van der Waals surface area contributed by atoms with Crippen molar-refractivity contribution in [3.05, 3.63) is 83.7 Å². The summed E-state index contributed by atoms with van der Waals surface area (Å²) in [4.78, 5) is 28.8. The number of thiazole rings is 2. The van der Waals surface area contributed by atoms with Crippen LogP contribution in [0, 0.1) is 0 Å². The molecule has 0 bridgehead atoms. The fourth-order valence-corrected chi connectivity index (χ4v) is 16.7. The third-order valence-electron chi connectivity index (χ3n) is 16.7. The maximum Gasteiger partial charge on any atom is 0.134 e. The Bertz CT molecular complexity index is 2270. The highest BCUT2D eigenvalue weighted by Crippen LogP contribution is 2.49. The highest BCUT2D eigenvalue weighted by molar-refractivity contribution is 7.29. The van der Waals surface area contributed by atoms with Gasteiger partial charge >= 0.3 is 0 Å². The molecule has 6 aromatic rings. The van der Waals surface area contributed by atoms with Crippen molar-refractivity contribution in [1.29, 1.82) is 0 Å². The monoisotopic (exact) mass is 1160 g/mol. The molecule has 0 saturated heterocycles. The number of aryl methyl sites for hydroxylation is 4. The number of thiophene rings is 2. The Kier molecular flexibility index (Phi) is 34.6. The second kappa shape index (κ2) is 41.9. The van der Waals surface area contributed by atoms with Crippen LogP contribution in [0.25, 0.3) is 50.4 Å². The molecule has 0 aliphatic heterocycles. The minimum Gasteiger partial charge on any atom is -0.265 e. The van der Waals surface area contributed by atoms with Gasteiger partial charge in [-0.25, -0.2) is 9.97 Å². The quantitative estimate of drug-likeness (QED) is 0.0357. The molecule has 6 rings (SSSR count). The topological polar surface area (TPSA) is 51.6 Å². The SMILES string of the molecule is CCCCCCCCCCCCc1cc(-c2ccncc2)sc1-c1nc(CCCCCCCCCCCC)c(-c2sc(-c3sc(-c4ccncc4)cc3CCCCCCCCCCCC)nc2CCCCCCCCCCCC)s1. The largest absolute Gasteiger partial charge is 0.265 e. The molecule has 0 unspecified atom stereocenters. The van der Waals surface area contributed by atoms with Crippen molar-refractivity contribution in [3.8, 4) is 50.4 Å². The summed E-state index contributed by atoms with van der Waals surface area (Å²) in [6, 6.07) is 13.8. The van der Waals surface area contributed by atoms with Crippen molar-refractivity contribution in [2.75, 3.05) is 0 Å². The van der Waals surface area contributed by atoms with Gasteiger partial charge in [-0.15, -0.1) is 45.3 Å². The molecule has 0 amide bonds. The lowest BCUT2D eigenvalue weighted by molar-refractivity contribution is 0.555. The van der Waals surface area contributed by atoms with Gasteiger partial charge in [-0.3, -0.25) is 9.97 Å². The summed E-state index contributed by atoms with van der Waals surface area (Å²) in [7, 11) is 0. The smallest absolute Gasteiger partial charge is 0.134 e. The molecule has 4 nitrogen and oxygen atoms in total. The Morgan fingerprint density at radius 1 is 0.275 bits per heavy atom. The first-order valence-electron chi connectivity index (χ1n) is 33.7. The Labute approximate surface area is 506 Å². The molecule has 0 aliphatic rings. The molecular formula is C72H110N4S4. The highest BCUT2D eigenvalue weighted by atomic mass is 32.1. The summed E-state index contributed by atoms with van der Waals surface area (Å²) in [6.07, 6.45) is 66.3. The molecule has 0 fully saturated rings. The van der Waals surface area contributed by atoms with Crippen molar-refractivity contribution in [2.45, 2.75) is 310 Å². The van der Waals surface area contributed by atoms with Crippen LogP contribution in [0.3, 0.4) is 0 Å². The van der Waals surface area contributed by atoms with Gasteiger partial charge in [0.25, 0.3) is 0 Å². The van der Waals surface area contributed by atoms with Gasteiger partial charge in [-0.2, -0.15) is 0 Å². The van der Waals surface area contributed by atoms with Crippen molar-refractivity contribution in [2.24, 2.45) is 0 Å². The van der Waals surface area contributed by atoms with Crippen LogP contribution < -0.4 is 0 Å². The first-order chi connectivity index (χ1) is 39.6. The Hall–Kier alpha value is -3.04. The molecule has 80 heavy (non-hydrogen) atoms. The lowest BCUT2D eigenvalue weighted by Crippen LogP contribution is -1.93. The van der Waals surface area contributed by atoms with Gasteiger partial charge in [0.15, 0.2) is 0 Å². The second-order valence-electron chi connectivity index (χ2n) is 23.7. The van der Waals surface area contributed by atoms with E-state index < -0.39 is 0 Å². The van der Waals surface area contributed by atoms with Gasteiger partial charge in [0.2, 0.25) is 0 Å². The Balaban J connectivity index is 1.30. The standard InChI is InChI=1S/C72H110N4S4/c1-5-9-13-17-21-25-29-33-37-41-45-61-57-65(59-49-53-73-54-50-59)77-67(61)71-75-63(47-43-39-35-31-27-23-19-15-11-7-3)69(79-71)70-64(48-44-40-36-32-28-24-20-16-12-8-4)76-72(80-70)68-62(58-66(78-68)60-51-55-74-56-52-60)46-42-38-34-30-26-22-18-14-10-6-2/h49-58H,5-48H2,1-4H3. The van der Waals surface area contributed by atoms with Crippen molar-refractivity contribution < 1.29 is 0 Å². The average Bonchev–Trinajstić information content (AvgIpc) is 4.43. The number of nitrogens with zero attached hydrogens (tertiary/aromatic N) is 4. The molecule has 442 valence electrons. The van der Waals surface area contributed by atoms with E-state index in [1.165, 1.54) is 330 Å². The number of rotatable bonds is 49. The predicted octanol–water partition coefficient (Wildman–Crippen LogP) is 25.7. The van der Waals surface area contributed by atoms with Crippen LogP contribution in [0.5, 0.6) is 0 Å². The van der Waals surface area contributed by atoms with Gasteiger partial charge in [-0.1, -0.05) is 259 Å². The van der Waals surface area contributed by atoms with E-state index in [0.717, 1.165) is 25.7 Å². The Morgan fingerprint density at radius 3 is 0.800 bits per heavy atom. The number of hydrogen-bond donors (Lipinski definition) is 0. The number of aromatic nitrogens is 4. The van der Waals surface area contributed by atoms with E-state index in [-0.39, 0.29) is 0 Å². The van der Waals surface area contributed by atoms with Crippen LogP contribution in [-0.2, 0) is 25.7 Å². The van der Waals surface area contributed by atoms with Crippen LogP contribution in [0.4, 0.5) is 0 Å². The molecule has 6 heterocycles. The highest BCUT2D eigenvalue weighted by Gasteiger charge is 2.26. The third kappa shape index (κ3) is 24.7. The molecule has 6 aromatic heterocycles. The molecule has 0 aromatic carbocycles. The molecule has 0 saturated carbocycles. The van der Waals surface area contributed by atoms with E-state index in [0.29, 0.717) is 0 Å². The minimum atomic E-state index is 1.04. The van der Waals surface area contributed by atoms with Crippen LogP contribution in [-0.4, -0.2) is 19.9 Å². The molecule has 0 radical (unpaired) electrons. The van der Waals surface area contributed by atoms with Crippen LogP contribution >= 0.6 is 45.3 Å². The summed E-state index contributed by atoms with van der Waals surface area (Å²) >= 11 is 7.93. The van der Waals surface area contributed by atoms with Gasteiger partial charge in [0.1, 0.15) is 10.0 Å². The molecule has 8 heteroatoms. The van der Waals surface area contributed by atoms with E-state index in [1.54, 1.807) is 0 Å². The zero-order chi connectivity index (χ0) is 55.9. The van der Waals surface area contributed by atoms with E-state index in [9.17, 15) is 0 Å². The van der Waals surface area contributed by atoms with Crippen molar-refractivity contribution >= 4 is 45.3 Å². The summed E-state index contributed by atoms with van der Waals surface area (Å²) in [5, 5.41) is 2.46. The van der Waals surface area contributed by atoms with E-state index in [2.05, 4.69) is 74.1 Å². The molecular weight excluding hydrogens is 1050 g/mol. The first kappa shape index (κ1) is 66.1. The van der Waals surface area contributed by atoms with Gasteiger partial charge in [0.05, 0.1) is 30.9 Å². The second-order valence-corrected chi connectivity index (χ2v) is 27.8. The van der Waals surface area contributed by atoms with E-state index in [4.69, 9.17) is 9.97 Å². The summed E-state index contributed by atoms with van der Waals surface area (Å²) < 4.78 is 0. The van der Waals surface area contributed by atoms with Gasteiger partial charge in [0, 0.05) is 34.5 Å². The molecule has 0 atom stereocenters. The third-order valence-corrected chi connectivity index (χ3v) is 21.8. The molecule has 0 N–H and O–H groups in total. The predicted molar refractivity (Wildman–Crippen MR) is 359 cm³/mol. The zero-order valence-corrected chi connectivity index (χ0v) is 54.6. The lowest BCUT2D eigenvalue weighted by atomic mass is 10.0. The minimum absolute atomic E-state index is 1.04. The molecule has 0 aliphatic carbocycles. The van der Waals surface area contributed by atoms with Crippen LogP contribution in [0.15, 0.2) is 61.2 Å². The Morgan fingerprint density at radius 2 is 0.525 bits per heavy atom. The fraction of sp³-hybridized carbons (Fsp3) is 0.667. The van der Waals surface area contributed by atoms with Crippen LogP contribution in [0.1, 0.15) is 307 Å². The van der Waals surface area contributed by atoms with E-state index >= 15 is 0 Å². The lowest BCUT2D eigenvalue weighted by Gasteiger charge is -2.05. The number of hydrogen-bond acceptors (Lipinski definition) is 8. The fourth-order valence-electron chi connectivity index (χ4n) is 11.7. The maximum absolute atomic E-state index is 5.82. The number of unbranched alkanes of at least 4 members (excludes halogenated alkanes) is 36. The van der Waals surface area contributed by atoms with Crippen molar-refractivity contribution in [3.63, 3.8) is 0 Å².